The molecule has 0 saturated carbocycles. The largest absolute Gasteiger partial charge is 0.493 e. The number of benzene rings is 2. The van der Waals surface area contributed by atoms with Gasteiger partial charge in [-0.3, -0.25) is 10.1 Å². The average molecular weight is 333 g/mol. The van der Waals surface area contributed by atoms with Crippen LogP contribution in [0.1, 0.15) is 17.2 Å². The van der Waals surface area contributed by atoms with Crippen molar-refractivity contribution in [1.82, 2.24) is 5.32 Å². The van der Waals surface area contributed by atoms with E-state index in [1.807, 2.05) is 30.3 Å². The maximum absolute atomic E-state index is 12.1. The Labute approximate surface area is 139 Å². The van der Waals surface area contributed by atoms with Gasteiger partial charge in [0.05, 0.1) is 14.2 Å². The zero-order valence-electron chi connectivity index (χ0n) is 12.9. The number of hydrogen-bond acceptors (Lipinski definition) is 4. The van der Waals surface area contributed by atoms with E-state index in [1.54, 1.807) is 20.3 Å². The third-order valence-corrected chi connectivity index (χ3v) is 4.19. The van der Waals surface area contributed by atoms with E-state index in [2.05, 4.69) is 10.6 Å². The van der Waals surface area contributed by atoms with E-state index < -0.39 is 6.04 Å². The fourth-order valence-electron chi connectivity index (χ4n) is 2.66. The second-order valence-electron chi connectivity index (χ2n) is 5.19. The molecule has 3 rings (SSSR count). The summed E-state index contributed by atoms with van der Waals surface area (Å²) < 4.78 is 10.5. The molecule has 0 bridgehead atoms. The van der Waals surface area contributed by atoms with Crippen LogP contribution in [0.2, 0.25) is 5.02 Å². The van der Waals surface area contributed by atoms with Crippen LogP contribution in [-0.2, 0) is 11.3 Å². The van der Waals surface area contributed by atoms with Crippen molar-refractivity contribution in [3.8, 4) is 11.5 Å². The molecule has 2 N–H and O–H groups in total. The van der Waals surface area contributed by atoms with Crippen LogP contribution in [0.4, 0.5) is 5.69 Å². The van der Waals surface area contributed by atoms with Crippen LogP contribution in [0.5, 0.6) is 11.5 Å². The van der Waals surface area contributed by atoms with Crippen molar-refractivity contribution in [2.75, 3.05) is 19.5 Å². The summed E-state index contributed by atoms with van der Waals surface area (Å²) in [7, 11) is 3.13. The first-order chi connectivity index (χ1) is 11.1. The second-order valence-corrected chi connectivity index (χ2v) is 5.60. The highest BCUT2D eigenvalue weighted by atomic mass is 35.5. The lowest BCUT2D eigenvalue weighted by atomic mass is 10.1. The number of ether oxygens (including phenoxy) is 2. The number of hydrogen-bond donors (Lipinski definition) is 2. The van der Waals surface area contributed by atoms with Gasteiger partial charge in [0.25, 0.3) is 0 Å². The minimum Gasteiger partial charge on any atom is -0.493 e. The van der Waals surface area contributed by atoms with Crippen molar-refractivity contribution in [2.45, 2.75) is 12.6 Å². The van der Waals surface area contributed by atoms with Crippen LogP contribution in [0.3, 0.4) is 0 Å². The van der Waals surface area contributed by atoms with Gasteiger partial charge in [-0.1, -0.05) is 29.8 Å². The SMILES string of the molecule is COc1cc(Cl)c(CNC2C(=O)Nc3ccccc32)cc1OC. The molecule has 1 unspecified atom stereocenters. The zero-order chi connectivity index (χ0) is 16.4. The Morgan fingerprint density at radius 2 is 1.87 bits per heavy atom. The summed E-state index contributed by atoms with van der Waals surface area (Å²) in [6.07, 6.45) is 0. The number of carbonyl (C=O) groups is 1. The molecule has 0 radical (unpaired) electrons. The van der Waals surface area contributed by atoms with Gasteiger partial charge in [-0.2, -0.15) is 0 Å². The lowest BCUT2D eigenvalue weighted by Crippen LogP contribution is -2.27. The smallest absolute Gasteiger partial charge is 0.246 e. The van der Waals surface area contributed by atoms with Gasteiger partial charge >= 0.3 is 0 Å². The summed E-state index contributed by atoms with van der Waals surface area (Å²) in [5, 5.41) is 6.66. The van der Waals surface area contributed by atoms with Crippen molar-refractivity contribution in [2.24, 2.45) is 0 Å². The fourth-order valence-corrected chi connectivity index (χ4v) is 2.88. The number of carbonyl (C=O) groups excluding carboxylic acids is 1. The quantitative estimate of drug-likeness (QED) is 0.883. The maximum Gasteiger partial charge on any atom is 0.246 e. The van der Waals surface area contributed by atoms with E-state index in [9.17, 15) is 4.79 Å². The molecule has 0 spiro atoms. The molecule has 1 amide bonds. The van der Waals surface area contributed by atoms with E-state index in [0.717, 1.165) is 16.8 Å². The molecule has 120 valence electrons. The number of rotatable bonds is 5. The average Bonchev–Trinajstić information content (AvgIpc) is 2.88. The van der Waals surface area contributed by atoms with E-state index in [1.165, 1.54) is 0 Å². The highest BCUT2D eigenvalue weighted by Crippen LogP contribution is 2.34. The monoisotopic (exact) mass is 332 g/mol. The van der Waals surface area contributed by atoms with Crippen molar-refractivity contribution in [3.05, 3.63) is 52.5 Å². The lowest BCUT2D eigenvalue weighted by Gasteiger charge is -2.15. The van der Waals surface area contributed by atoms with Crippen LogP contribution < -0.4 is 20.1 Å². The summed E-state index contributed by atoms with van der Waals surface area (Å²) in [5.74, 6) is 1.11. The van der Waals surface area contributed by atoms with Gasteiger partial charge in [0.1, 0.15) is 6.04 Å². The lowest BCUT2D eigenvalue weighted by molar-refractivity contribution is -0.117. The highest BCUT2D eigenvalue weighted by Gasteiger charge is 2.29. The fraction of sp³-hybridized carbons (Fsp3) is 0.235. The summed E-state index contributed by atoms with van der Waals surface area (Å²) in [4.78, 5) is 12.1. The number of anilines is 1. The first kappa shape index (κ1) is 15.6. The number of amides is 1. The number of halogens is 1. The van der Waals surface area contributed by atoms with Gasteiger partial charge in [0.2, 0.25) is 5.91 Å². The molecule has 0 fully saturated rings. The number of para-hydroxylation sites is 1. The Bertz CT molecular complexity index is 749. The molecule has 1 aliphatic rings. The molecular weight excluding hydrogens is 316 g/mol. The summed E-state index contributed by atoms with van der Waals surface area (Å²) in [5.41, 5.74) is 2.61. The van der Waals surface area contributed by atoms with Crippen LogP contribution >= 0.6 is 11.6 Å². The molecule has 1 heterocycles. The van der Waals surface area contributed by atoms with Gasteiger partial charge in [0.15, 0.2) is 11.5 Å². The van der Waals surface area contributed by atoms with Gasteiger partial charge in [0, 0.05) is 28.9 Å². The predicted octanol–water partition coefficient (Wildman–Crippen LogP) is 3.14. The van der Waals surface area contributed by atoms with Gasteiger partial charge in [-0.05, 0) is 17.7 Å². The molecule has 1 atom stereocenters. The van der Waals surface area contributed by atoms with Gasteiger partial charge < -0.3 is 14.8 Å². The standard InChI is InChI=1S/C17H17ClN2O3/c1-22-14-7-10(12(18)8-15(14)23-2)9-19-16-11-5-3-4-6-13(11)20-17(16)21/h3-8,16,19H,9H2,1-2H3,(H,20,21). The third kappa shape index (κ3) is 2.98. The van der Waals surface area contributed by atoms with Crippen LogP contribution in [0.25, 0.3) is 0 Å². The molecular formula is C17H17ClN2O3. The van der Waals surface area contributed by atoms with E-state index in [-0.39, 0.29) is 5.91 Å². The van der Waals surface area contributed by atoms with Crippen molar-refractivity contribution in [1.29, 1.82) is 0 Å². The highest BCUT2D eigenvalue weighted by molar-refractivity contribution is 6.31. The number of nitrogens with one attached hydrogen (secondary N) is 2. The minimum atomic E-state index is -0.393. The molecule has 0 aliphatic carbocycles. The molecule has 1 aliphatic heterocycles. The Hall–Kier alpha value is -2.24. The Morgan fingerprint density at radius 3 is 2.61 bits per heavy atom. The van der Waals surface area contributed by atoms with Gasteiger partial charge in [-0.25, -0.2) is 0 Å². The van der Waals surface area contributed by atoms with E-state index >= 15 is 0 Å². The van der Waals surface area contributed by atoms with Crippen LogP contribution in [0.15, 0.2) is 36.4 Å². The van der Waals surface area contributed by atoms with E-state index in [0.29, 0.717) is 23.1 Å². The zero-order valence-corrected chi connectivity index (χ0v) is 13.6. The predicted molar refractivity (Wildman–Crippen MR) is 89.2 cm³/mol. The van der Waals surface area contributed by atoms with Crippen LogP contribution in [-0.4, -0.2) is 20.1 Å². The topological polar surface area (TPSA) is 59.6 Å². The summed E-state index contributed by atoms with van der Waals surface area (Å²) in [6, 6.07) is 10.8. The molecule has 2 aromatic rings. The third-order valence-electron chi connectivity index (χ3n) is 3.84. The first-order valence-corrected chi connectivity index (χ1v) is 7.55. The Kier molecular flexibility index (Phi) is 4.41. The molecule has 5 nitrogen and oxygen atoms in total. The molecule has 0 aromatic heterocycles. The van der Waals surface area contributed by atoms with E-state index in [4.69, 9.17) is 21.1 Å². The number of methoxy groups -OCH3 is 2. The van der Waals surface area contributed by atoms with Gasteiger partial charge in [-0.15, -0.1) is 0 Å². The first-order valence-electron chi connectivity index (χ1n) is 7.17. The van der Waals surface area contributed by atoms with Crippen molar-refractivity contribution < 1.29 is 14.3 Å². The molecule has 2 aromatic carbocycles. The van der Waals surface area contributed by atoms with Crippen molar-refractivity contribution in [3.63, 3.8) is 0 Å². The van der Waals surface area contributed by atoms with Crippen molar-refractivity contribution >= 4 is 23.2 Å². The Balaban J connectivity index is 1.80. The number of fused-ring (bicyclic) bond motifs is 1. The summed E-state index contributed by atoms with van der Waals surface area (Å²) >= 11 is 6.28. The Morgan fingerprint density at radius 1 is 1.17 bits per heavy atom. The second kappa shape index (κ2) is 6.48. The normalized spacial score (nSPS) is 16.0. The minimum absolute atomic E-state index is 0.0669. The molecule has 23 heavy (non-hydrogen) atoms. The molecule has 6 heteroatoms. The maximum atomic E-state index is 12.1. The summed E-state index contributed by atoms with van der Waals surface area (Å²) in [6.45, 7) is 0.436. The molecule has 0 saturated heterocycles. The van der Waals surface area contributed by atoms with Crippen LogP contribution in [0, 0.1) is 0 Å².